The summed E-state index contributed by atoms with van der Waals surface area (Å²) >= 11 is 36.5. The fraction of sp³-hybridized carbons (Fsp3) is 0.865. The fourth-order valence-corrected chi connectivity index (χ4v) is 8.90. The Kier molecular flexibility index (Phi) is 170. The molecule has 0 saturated heterocycles. The molecule has 0 saturated carbocycles. The van der Waals surface area contributed by atoms with E-state index < -0.39 is 12.2 Å². The molecule has 2 amide bonds. The fourth-order valence-electron chi connectivity index (χ4n) is 6.34. The van der Waals surface area contributed by atoms with Crippen LogP contribution in [0.4, 0.5) is 9.59 Å². The van der Waals surface area contributed by atoms with Crippen molar-refractivity contribution in [3.8, 4) is 0 Å². The summed E-state index contributed by atoms with van der Waals surface area (Å²) in [5.74, 6) is -0.285. The van der Waals surface area contributed by atoms with E-state index in [-0.39, 0.29) is 60.2 Å². The first-order chi connectivity index (χ1) is 54.0. The normalized spacial score (nSPS) is 9.47. The zero-order valence-corrected chi connectivity index (χ0v) is 85.9. The summed E-state index contributed by atoms with van der Waals surface area (Å²) in [6.45, 7) is 13.0. The predicted octanol–water partition coefficient (Wildman–Crippen LogP) is 16.8. The third-order valence-electron chi connectivity index (χ3n) is 12.2. The van der Waals surface area contributed by atoms with E-state index in [4.69, 9.17) is 77.4 Å². The van der Waals surface area contributed by atoms with E-state index in [2.05, 4.69) is 183 Å². The van der Waals surface area contributed by atoms with E-state index in [1.807, 2.05) is 29.6 Å². The number of hydrogen-bond donors (Lipinski definition) is 3. The number of alkyl halides is 11. The molecule has 0 unspecified atom stereocenters. The molecule has 0 aromatic rings. The summed E-state index contributed by atoms with van der Waals surface area (Å²) in [6, 6.07) is 0. The van der Waals surface area contributed by atoms with Gasteiger partial charge in [0.05, 0.1) is 114 Å². The van der Waals surface area contributed by atoms with E-state index in [0.717, 1.165) is 137 Å². The van der Waals surface area contributed by atoms with Gasteiger partial charge in [-0.3, -0.25) is 38.4 Å². The standard InChI is InChI=1S/C11H21BrO2.C10H19BrO.C9H17ClO3.C7H14ClNO2.C7H15IO3.C7H13IO2.C6H12BrNO3.C5H9BrO3.C5H9IO3.C3H6ClNO.C3H5IO2.CH4/c1-14-9-7-5-3-2-4-6-8-11(13)10-12;1-2-3-4-5-6-7-8-10(12)9-11;1-12-6-4-2-3-5-7-13-9(11)8-10;1-9-4-2-3-5-11-7(10)6-8;1-9-4-5-11-7-6-10-3-2-8;1-10-5-3-2-4-7(9)6-8;1-10-6(9)8-3-5-11-4-2-7;1-8-2-3-9-5(7)4-6;1-8-5(7)9-4-2-3-6;1-5-3(6)2-4;1-6-3(5)2-4;/h2-10H2,1H3;2-9H2,1H3;2-8H2,1H3;9H,2-6H2,1H3;2-7H2,1H3;2-6H2,1H3;2-5H2,1H3,(H,8,9);2*2-4H2,1H3;2H2,1H3,(H,5,6);2H2,1H3;1H4. The van der Waals surface area contributed by atoms with Crippen molar-refractivity contribution < 1.29 is 119 Å². The van der Waals surface area contributed by atoms with Gasteiger partial charge < -0.3 is 87.0 Å². The number of rotatable bonds is 60. The highest BCUT2D eigenvalue weighted by atomic mass is 127. The minimum absolute atomic E-state index is 0. The number of halogens is 11. The molecule has 0 atom stereocenters. The number of nitrogens with one attached hydrogen (secondary N) is 3. The van der Waals surface area contributed by atoms with Crippen molar-refractivity contribution in [1.82, 2.24) is 16.0 Å². The lowest BCUT2D eigenvalue weighted by atomic mass is 10.1. The first-order valence-electron chi connectivity index (χ1n) is 36.8. The van der Waals surface area contributed by atoms with Gasteiger partial charge in [0.25, 0.3) is 0 Å². The Labute approximate surface area is 783 Å². The van der Waals surface area contributed by atoms with Gasteiger partial charge in [-0.15, -0.1) is 34.8 Å². The highest BCUT2D eigenvalue weighted by Crippen LogP contribution is 2.10. The third kappa shape index (κ3) is 171. The number of esters is 4. The smallest absolute Gasteiger partial charge is 0.468 e. The molecular weight excluding hydrogens is 2260 g/mol. The molecule has 0 aliphatic carbocycles. The summed E-state index contributed by atoms with van der Waals surface area (Å²) < 4.78 is 74.2. The molecule has 0 heterocycles. The maximum absolute atomic E-state index is 10.9. The molecule has 0 aliphatic heterocycles. The number of unbranched alkanes of at least 4 members (excludes halogenated alkanes) is 15. The molecule has 28 nitrogen and oxygen atoms in total. The Morgan fingerprint density at radius 2 is 0.743 bits per heavy atom. The summed E-state index contributed by atoms with van der Waals surface area (Å²) in [4.78, 5) is 104. The van der Waals surface area contributed by atoms with Crippen molar-refractivity contribution >= 4 is 248 Å². The molecule has 0 spiro atoms. The van der Waals surface area contributed by atoms with Crippen LogP contribution in [-0.2, 0) is 109 Å². The molecule has 0 aromatic carbocycles. The molecule has 0 radical (unpaired) electrons. The molecule has 0 aliphatic rings. The van der Waals surface area contributed by atoms with Gasteiger partial charge in [0.15, 0.2) is 0 Å². The van der Waals surface area contributed by atoms with Gasteiger partial charge in [-0.05, 0) is 84.2 Å². The molecule has 3 N–H and O–H groups in total. The quantitative estimate of drug-likeness (QED) is 0.0167. The van der Waals surface area contributed by atoms with E-state index >= 15 is 0 Å². The van der Waals surface area contributed by atoms with Crippen molar-refractivity contribution in [2.45, 2.75) is 168 Å². The molecule has 113 heavy (non-hydrogen) atoms. The molecule has 39 heteroatoms. The summed E-state index contributed by atoms with van der Waals surface area (Å²) in [5, 5.41) is 9.94. The lowest BCUT2D eigenvalue weighted by molar-refractivity contribution is -0.142. The maximum atomic E-state index is 10.9. The Morgan fingerprint density at radius 3 is 1.11 bits per heavy atom. The largest absolute Gasteiger partial charge is 0.507 e. The molecule has 0 aromatic heterocycles. The predicted molar refractivity (Wildman–Crippen MR) is 505 cm³/mol. The lowest BCUT2D eigenvalue weighted by Gasteiger charge is -2.03. The monoisotopic (exact) mass is 2400 g/mol. The van der Waals surface area contributed by atoms with Crippen molar-refractivity contribution in [2.75, 3.05) is 240 Å². The van der Waals surface area contributed by atoms with Crippen molar-refractivity contribution in [1.29, 1.82) is 0 Å². The van der Waals surface area contributed by atoms with E-state index in [1.54, 1.807) is 42.6 Å². The molecule has 0 rings (SSSR count). The van der Waals surface area contributed by atoms with E-state index in [1.165, 1.54) is 79.1 Å². The number of alkyl carbamates (subject to hydrolysis) is 1. The van der Waals surface area contributed by atoms with E-state index in [0.29, 0.717) is 123 Å². The van der Waals surface area contributed by atoms with Crippen LogP contribution < -0.4 is 16.0 Å². The maximum Gasteiger partial charge on any atom is 0.507 e. The van der Waals surface area contributed by atoms with Gasteiger partial charge in [0.1, 0.15) is 46.9 Å². The number of ether oxygens (including phenoxy) is 15. The lowest BCUT2D eigenvalue weighted by Crippen LogP contribution is -2.27. The summed E-state index contributed by atoms with van der Waals surface area (Å²) in [6.07, 6.45) is 24.8. The van der Waals surface area contributed by atoms with Gasteiger partial charge in [-0.25, -0.2) is 9.59 Å². The van der Waals surface area contributed by atoms with E-state index in [9.17, 15) is 47.9 Å². The number of Topliss-reactive ketones (excluding diaryl/α,β-unsaturated/α-hetero) is 3. The topological polar surface area (TPSA) is 345 Å². The van der Waals surface area contributed by atoms with Gasteiger partial charge in [-0.1, -0.05) is 233 Å². The number of ketones is 3. The zero-order chi connectivity index (χ0) is 87.3. The van der Waals surface area contributed by atoms with Gasteiger partial charge in [0.2, 0.25) is 5.91 Å². The molecule has 0 fully saturated rings. The second kappa shape index (κ2) is 138. The average Bonchev–Trinajstić information content (AvgIpc) is 1.54. The SMILES string of the molecule is C.CCCCCCCCC(=O)CBr.CNC(=O)CCl.CNCCCCOC(=O)CCl.COC(=O)CI.COC(=O)NCCOCCBr.COC(=O)OCCCI.COCCCCC(=O)CI.COCCCCCCCCC(=O)CBr.COCCCCCCOC(=O)CCl.COCCOC(=O)CBr.COCCOCCOCCI. The van der Waals surface area contributed by atoms with Crippen LogP contribution in [0.2, 0.25) is 0 Å². The summed E-state index contributed by atoms with van der Waals surface area (Å²) in [5.41, 5.74) is 0. The Hall–Kier alpha value is 0.250. The van der Waals surface area contributed by atoms with Crippen molar-refractivity contribution in [2.24, 2.45) is 0 Å². The highest BCUT2D eigenvalue weighted by Gasteiger charge is 2.04. The second-order valence-corrected chi connectivity index (χ2v) is 28.6. The van der Waals surface area contributed by atoms with Crippen molar-refractivity contribution in [3.05, 3.63) is 0 Å². The molecular formula is C74H144Br4Cl3I4N3O25. The minimum atomic E-state index is -0.597. The van der Waals surface area contributed by atoms with Gasteiger partial charge in [0, 0.05) is 102 Å². The van der Waals surface area contributed by atoms with Crippen LogP contribution in [0, 0.1) is 0 Å². The second-order valence-electron chi connectivity index (χ2n) is 21.6. The van der Waals surface area contributed by atoms with Crippen LogP contribution in [0.1, 0.15) is 168 Å². The summed E-state index contributed by atoms with van der Waals surface area (Å²) in [7, 11) is 15.8. The van der Waals surface area contributed by atoms with Crippen LogP contribution in [0.15, 0.2) is 0 Å². The highest BCUT2D eigenvalue weighted by molar-refractivity contribution is 14.1. The average molecular weight is 2410 g/mol. The van der Waals surface area contributed by atoms with Crippen LogP contribution in [0.5, 0.6) is 0 Å². The number of amides is 2. The molecule has 682 valence electrons. The van der Waals surface area contributed by atoms with Gasteiger partial charge in [-0.2, -0.15) is 0 Å². The van der Waals surface area contributed by atoms with Crippen molar-refractivity contribution in [3.63, 3.8) is 0 Å². The van der Waals surface area contributed by atoms with Crippen LogP contribution >= 0.6 is 189 Å². The molecule has 0 bridgehead atoms. The first kappa shape index (κ1) is 139. The third-order valence-corrected chi connectivity index (χ3v) is 17.6. The number of methoxy groups -OCH3 is 8. The number of carbonyl (C=O) groups excluding carboxylic acids is 10. The van der Waals surface area contributed by atoms with Crippen LogP contribution in [0.25, 0.3) is 0 Å². The van der Waals surface area contributed by atoms with Crippen LogP contribution in [0.3, 0.4) is 0 Å². The Bertz CT molecular complexity index is 1870. The van der Waals surface area contributed by atoms with Crippen LogP contribution in [-0.4, -0.2) is 299 Å². The number of carbonyl (C=O) groups is 10. The Balaban J connectivity index is -0.0000000999. The number of hydrogen-bond acceptors (Lipinski definition) is 26. The zero-order valence-electron chi connectivity index (χ0n) is 68.6. The first-order valence-corrected chi connectivity index (χ1v) is 49.0. The Morgan fingerprint density at radius 1 is 0.345 bits per heavy atom. The van der Waals surface area contributed by atoms with Gasteiger partial charge >= 0.3 is 36.1 Å². The minimum Gasteiger partial charge on any atom is -0.468 e.